The number of benzene rings is 2. The Morgan fingerprint density at radius 3 is 2.00 bits per heavy atom. The van der Waals surface area contributed by atoms with E-state index < -0.39 is 19.7 Å². The fourth-order valence-electron chi connectivity index (χ4n) is 3.46. The molecule has 3 rings (SSSR count). The maximum absolute atomic E-state index is 12.1. The van der Waals surface area contributed by atoms with Crippen molar-refractivity contribution in [3.63, 3.8) is 0 Å². The molecule has 0 saturated heterocycles. The number of hydrogen-bond acceptors (Lipinski definition) is 5. The van der Waals surface area contributed by atoms with Gasteiger partial charge in [0, 0.05) is 12.5 Å². The topological polar surface area (TPSA) is 77.5 Å². The zero-order valence-electron chi connectivity index (χ0n) is 15.5. The van der Waals surface area contributed by atoms with Gasteiger partial charge in [0.1, 0.15) is 16.4 Å². The predicted molar refractivity (Wildman–Crippen MR) is 105 cm³/mol. The van der Waals surface area contributed by atoms with Crippen LogP contribution in [0.1, 0.15) is 43.6 Å². The van der Waals surface area contributed by atoms with Crippen LogP contribution < -0.4 is 4.74 Å². The third-order valence-corrected chi connectivity index (χ3v) is 7.16. The highest BCUT2D eigenvalue weighted by Crippen LogP contribution is 2.35. The molecule has 0 atom stereocenters. The minimum absolute atomic E-state index is 0.0529. The summed E-state index contributed by atoms with van der Waals surface area (Å²) < 4.78 is 53.5. The van der Waals surface area contributed by atoms with Crippen LogP contribution in [0.2, 0.25) is 0 Å². The Kier molecular flexibility index (Phi) is 5.63. The molecule has 1 aliphatic rings. The van der Waals surface area contributed by atoms with Crippen molar-refractivity contribution < 1.29 is 21.6 Å². The molecule has 2 aromatic carbocycles. The smallest absolute Gasteiger partial charge is 0.179 e. The summed E-state index contributed by atoms with van der Waals surface area (Å²) in [6.07, 6.45) is 8.29. The lowest BCUT2D eigenvalue weighted by atomic mass is 9.84. The summed E-state index contributed by atoms with van der Waals surface area (Å²) >= 11 is 0. The fourth-order valence-corrected chi connectivity index (χ4v) is 5.00. The lowest BCUT2D eigenvalue weighted by molar-refractivity contribution is 0.441. The molecule has 146 valence electrons. The first-order valence-electron chi connectivity index (χ1n) is 8.96. The van der Waals surface area contributed by atoms with Crippen molar-refractivity contribution in [2.24, 2.45) is 0 Å². The van der Waals surface area contributed by atoms with Gasteiger partial charge in [0.05, 0.1) is 4.90 Å². The second kappa shape index (κ2) is 7.64. The molecule has 2 aromatic rings. The Labute approximate surface area is 161 Å². The van der Waals surface area contributed by atoms with Crippen LogP contribution in [-0.4, -0.2) is 29.3 Å². The summed E-state index contributed by atoms with van der Waals surface area (Å²) in [4.78, 5) is -0.190. The molecule has 0 radical (unpaired) electrons. The highest BCUT2D eigenvalue weighted by Gasteiger charge is 2.20. The van der Waals surface area contributed by atoms with Crippen molar-refractivity contribution in [2.45, 2.75) is 47.8 Å². The van der Waals surface area contributed by atoms with E-state index in [1.165, 1.54) is 49.8 Å². The minimum Gasteiger partial charge on any atom is -0.456 e. The molecular formula is C20H24O5S2. The van der Waals surface area contributed by atoms with E-state index in [-0.39, 0.29) is 15.5 Å². The van der Waals surface area contributed by atoms with E-state index in [0.29, 0.717) is 11.7 Å². The van der Waals surface area contributed by atoms with Gasteiger partial charge in [-0.2, -0.15) is 0 Å². The van der Waals surface area contributed by atoms with Gasteiger partial charge < -0.3 is 4.74 Å². The molecule has 0 aliphatic heterocycles. The van der Waals surface area contributed by atoms with Crippen molar-refractivity contribution in [3.8, 4) is 11.5 Å². The van der Waals surface area contributed by atoms with Crippen LogP contribution in [0.15, 0.2) is 52.3 Å². The summed E-state index contributed by atoms with van der Waals surface area (Å²) in [6.45, 7) is 0. The van der Waals surface area contributed by atoms with E-state index >= 15 is 0 Å². The Hall–Kier alpha value is -1.86. The maximum atomic E-state index is 12.1. The molecule has 5 nitrogen and oxygen atoms in total. The Balaban J connectivity index is 1.88. The molecule has 7 heteroatoms. The van der Waals surface area contributed by atoms with Crippen LogP contribution in [0.4, 0.5) is 0 Å². The Bertz CT molecular complexity index is 1020. The molecule has 0 N–H and O–H groups in total. The molecule has 27 heavy (non-hydrogen) atoms. The lowest BCUT2D eigenvalue weighted by Crippen LogP contribution is -2.05. The average molecular weight is 409 g/mol. The molecule has 1 aliphatic carbocycles. The van der Waals surface area contributed by atoms with Crippen molar-refractivity contribution in [3.05, 3.63) is 48.0 Å². The molecule has 0 unspecified atom stereocenters. The molecule has 0 amide bonds. The standard InChI is InChI=1S/C20H24O5S2/c1-26(21,22)18-12-13-19(20(14-18)27(2,23)24)25-17-10-8-16(9-11-17)15-6-4-3-5-7-15/h8-15H,3-7H2,1-2H3. The van der Waals surface area contributed by atoms with E-state index in [4.69, 9.17) is 4.74 Å². The highest BCUT2D eigenvalue weighted by atomic mass is 32.2. The van der Waals surface area contributed by atoms with Gasteiger partial charge in [-0.15, -0.1) is 0 Å². The van der Waals surface area contributed by atoms with E-state index in [9.17, 15) is 16.8 Å². The van der Waals surface area contributed by atoms with Gasteiger partial charge in [0.2, 0.25) is 0 Å². The predicted octanol–water partition coefficient (Wildman–Crippen LogP) is 4.33. The first-order chi connectivity index (χ1) is 12.6. The van der Waals surface area contributed by atoms with Crippen molar-refractivity contribution in [1.82, 2.24) is 0 Å². The van der Waals surface area contributed by atoms with Gasteiger partial charge in [-0.1, -0.05) is 31.4 Å². The van der Waals surface area contributed by atoms with E-state index in [0.717, 1.165) is 18.6 Å². The summed E-state index contributed by atoms with van der Waals surface area (Å²) in [5.74, 6) is 1.22. The van der Waals surface area contributed by atoms with Crippen LogP contribution in [0.25, 0.3) is 0 Å². The maximum Gasteiger partial charge on any atom is 0.179 e. The molecule has 0 bridgehead atoms. The van der Waals surface area contributed by atoms with Crippen molar-refractivity contribution >= 4 is 19.7 Å². The normalized spacial score (nSPS) is 16.2. The summed E-state index contributed by atoms with van der Waals surface area (Å²) in [5, 5.41) is 0. The second-order valence-electron chi connectivity index (χ2n) is 7.16. The minimum atomic E-state index is -3.65. The van der Waals surface area contributed by atoms with Crippen molar-refractivity contribution in [1.29, 1.82) is 0 Å². The first kappa shape index (κ1) is 19.9. The van der Waals surface area contributed by atoms with Gasteiger partial charge in [-0.05, 0) is 54.7 Å². The van der Waals surface area contributed by atoms with Crippen LogP contribution >= 0.6 is 0 Å². The van der Waals surface area contributed by atoms with Gasteiger partial charge >= 0.3 is 0 Å². The SMILES string of the molecule is CS(=O)(=O)c1ccc(Oc2ccc(C3CCCCC3)cc2)c(S(C)(=O)=O)c1. The summed E-state index contributed by atoms with van der Waals surface area (Å²) in [7, 11) is -7.16. The van der Waals surface area contributed by atoms with Crippen LogP contribution in [-0.2, 0) is 19.7 Å². The highest BCUT2D eigenvalue weighted by molar-refractivity contribution is 7.91. The number of sulfone groups is 2. The molecule has 1 saturated carbocycles. The quantitative estimate of drug-likeness (QED) is 0.736. The van der Waals surface area contributed by atoms with Crippen molar-refractivity contribution in [2.75, 3.05) is 12.5 Å². The van der Waals surface area contributed by atoms with Gasteiger partial charge in [0.25, 0.3) is 0 Å². The third kappa shape index (κ3) is 4.90. The van der Waals surface area contributed by atoms with Gasteiger partial charge in [-0.3, -0.25) is 0 Å². The number of hydrogen-bond donors (Lipinski definition) is 0. The number of rotatable bonds is 5. The monoisotopic (exact) mass is 408 g/mol. The van der Waals surface area contributed by atoms with Gasteiger partial charge in [-0.25, -0.2) is 16.8 Å². The zero-order valence-corrected chi connectivity index (χ0v) is 17.1. The van der Waals surface area contributed by atoms with Gasteiger partial charge in [0.15, 0.2) is 19.7 Å². The molecular weight excluding hydrogens is 384 g/mol. The largest absolute Gasteiger partial charge is 0.456 e. The first-order valence-corrected chi connectivity index (χ1v) is 12.7. The van der Waals surface area contributed by atoms with E-state index in [2.05, 4.69) is 0 Å². The molecule has 0 aromatic heterocycles. The lowest BCUT2D eigenvalue weighted by Gasteiger charge is -2.22. The summed E-state index contributed by atoms with van der Waals surface area (Å²) in [5.41, 5.74) is 1.28. The van der Waals surface area contributed by atoms with E-state index in [1.54, 1.807) is 0 Å². The molecule has 1 fully saturated rings. The fraction of sp³-hybridized carbons (Fsp3) is 0.400. The third-order valence-electron chi connectivity index (χ3n) is 4.93. The van der Waals surface area contributed by atoms with Crippen LogP contribution in [0, 0.1) is 0 Å². The number of ether oxygens (including phenoxy) is 1. The summed E-state index contributed by atoms with van der Waals surface area (Å²) in [6, 6.07) is 11.6. The second-order valence-corrected chi connectivity index (χ2v) is 11.2. The molecule has 0 heterocycles. The zero-order chi connectivity index (χ0) is 19.7. The Morgan fingerprint density at radius 2 is 1.44 bits per heavy atom. The van der Waals surface area contributed by atoms with Crippen LogP contribution in [0.3, 0.4) is 0 Å². The Morgan fingerprint density at radius 1 is 0.815 bits per heavy atom. The van der Waals surface area contributed by atoms with E-state index in [1.807, 2.05) is 24.3 Å². The average Bonchev–Trinajstić information content (AvgIpc) is 2.61. The molecule has 0 spiro atoms. The van der Waals surface area contributed by atoms with Crippen LogP contribution in [0.5, 0.6) is 11.5 Å².